The number of halogens is 1. The Hall–Kier alpha value is -2.00. The van der Waals surface area contributed by atoms with Gasteiger partial charge in [0, 0.05) is 0 Å². The molecule has 2 heterocycles. The van der Waals surface area contributed by atoms with Gasteiger partial charge in [-0.15, -0.1) is 0 Å². The van der Waals surface area contributed by atoms with E-state index in [1.807, 2.05) is 0 Å². The van der Waals surface area contributed by atoms with Crippen molar-refractivity contribution >= 4 is 32.4 Å². The van der Waals surface area contributed by atoms with Crippen LogP contribution in [0.2, 0.25) is 0 Å². The molecule has 19 heavy (non-hydrogen) atoms. The van der Waals surface area contributed by atoms with Crippen molar-refractivity contribution in [3.63, 3.8) is 0 Å². The quantitative estimate of drug-likeness (QED) is 0.676. The second-order valence-corrected chi connectivity index (χ2v) is 4.64. The van der Waals surface area contributed by atoms with Crippen LogP contribution < -0.4 is 9.22 Å². The Morgan fingerprint density at radius 1 is 1.05 bits per heavy atom. The van der Waals surface area contributed by atoms with Gasteiger partial charge < -0.3 is 0 Å². The maximum absolute atomic E-state index is 13.5. The fourth-order valence-electron chi connectivity index (χ4n) is 1.61. The molecule has 0 fully saturated rings. The van der Waals surface area contributed by atoms with Gasteiger partial charge in [0.1, 0.15) is 0 Å². The number of aromatic nitrogens is 3. The Balaban J connectivity index is 2.02. The van der Waals surface area contributed by atoms with Gasteiger partial charge in [-0.2, -0.15) is 0 Å². The Labute approximate surface area is 117 Å². The fraction of sp³-hybridized carbons (Fsp3) is 0. The molecule has 0 aliphatic carbocycles. The number of para-hydroxylation sites is 1. The van der Waals surface area contributed by atoms with Crippen LogP contribution in [-0.4, -0.2) is 31.8 Å². The molecule has 2 radical (unpaired) electrons. The van der Waals surface area contributed by atoms with Crippen LogP contribution in [0.4, 0.5) is 4.39 Å². The molecule has 3 aromatic rings. The van der Waals surface area contributed by atoms with Crippen molar-refractivity contribution in [2.45, 2.75) is 0 Å². The van der Waals surface area contributed by atoms with Crippen molar-refractivity contribution in [3.05, 3.63) is 48.5 Å². The standard InChI is InChI=1S/C13H7AsFN3O/c14-13-12-9(16-7-17-13)5-6-11(18-12)19-10-4-2-1-3-8(10)15/h1-7H. The van der Waals surface area contributed by atoms with Crippen molar-refractivity contribution in [1.82, 2.24) is 15.0 Å². The molecule has 0 amide bonds. The average Bonchev–Trinajstić information content (AvgIpc) is 2.42. The van der Waals surface area contributed by atoms with Gasteiger partial charge in [0.05, 0.1) is 0 Å². The van der Waals surface area contributed by atoms with E-state index < -0.39 is 5.82 Å². The number of ether oxygens (including phenoxy) is 1. The molecule has 0 unspecified atom stereocenters. The molecule has 1 aromatic carbocycles. The van der Waals surface area contributed by atoms with Crippen molar-refractivity contribution < 1.29 is 9.13 Å². The monoisotopic (exact) mass is 315 g/mol. The van der Waals surface area contributed by atoms with E-state index in [1.165, 1.54) is 12.4 Å². The maximum atomic E-state index is 13.5. The van der Waals surface area contributed by atoms with Gasteiger partial charge in [-0.25, -0.2) is 0 Å². The molecule has 92 valence electrons. The Morgan fingerprint density at radius 3 is 2.74 bits per heavy atom. The first-order valence-electron chi connectivity index (χ1n) is 5.47. The molecule has 3 rings (SSSR count). The summed E-state index contributed by atoms with van der Waals surface area (Å²) in [6.07, 6.45) is 1.47. The normalized spacial score (nSPS) is 10.6. The van der Waals surface area contributed by atoms with Crippen LogP contribution >= 0.6 is 0 Å². The summed E-state index contributed by atoms with van der Waals surface area (Å²) in [7, 11) is 0. The minimum absolute atomic E-state index is 0.137. The van der Waals surface area contributed by atoms with E-state index in [2.05, 4.69) is 31.8 Å². The van der Waals surface area contributed by atoms with Crippen molar-refractivity contribution in [1.29, 1.82) is 0 Å². The van der Waals surface area contributed by atoms with Crippen molar-refractivity contribution in [2.24, 2.45) is 0 Å². The van der Waals surface area contributed by atoms with Crippen molar-refractivity contribution in [2.75, 3.05) is 0 Å². The second kappa shape index (κ2) is 4.94. The molecule has 6 heteroatoms. The van der Waals surface area contributed by atoms with E-state index in [0.29, 0.717) is 21.4 Å². The number of fused-ring (bicyclic) bond motifs is 1. The third-order valence-corrected chi connectivity index (χ3v) is 3.17. The first-order valence-corrected chi connectivity index (χ1v) is 6.41. The summed E-state index contributed by atoms with van der Waals surface area (Å²) in [5, 5.41) is 0. The molecule has 0 aliphatic heterocycles. The second-order valence-electron chi connectivity index (χ2n) is 3.75. The molecule has 0 aliphatic rings. The number of hydrogen-bond acceptors (Lipinski definition) is 4. The summed E-state index contributed by atoms with van der Waals surface area (Å²) >= 11 is 2.32. The van der Waals surface area contributed by atoms with Crippen LogP contribution in [0.3, 0.4) is 0 Å². The molecule has 0 atom stereocenters. The minimum atomic E-state index is -0.429. The van der Waals surface area contributed by atoms with Crippen LogP contribution in [0.15, 0.2) is 42.7 Å². The van der Waals surface area contributed by atoms with Crippen LogP contribution in [0.5, 0.6) is 11.6 Å². The topological polar surface area (TPSA) is 47.9 Å². The third kappa shape index (κ3) is 2.42. The molecule has 4 nitrogen and oxygen atoms in total. The third-order valence-electron chi connectivity index (χ3n) is 2.49. The Kier molecular flexibility index (Phi) is 3.13. The van der Waals surface area contributed by atoms with Gasteiger partial charge in [-0.3, -0.25) is 0 Å². The molecular formula is C13H7AsFN3O. The van der Waals surface area contributed by atoms with E-state index in [4.69, 9.17) is 4.74 Å². The molecule has 0 bridgehead atoms. The predicted molar refractivity (Wildman–Crippen MR) is 69.2 cm³/mol. The summed E-state index contributed by atoms with van der Waals surface area (Å²) in [6.45, 7) is 0. The van der Waals surface area contributed by atoms with Gasteiger partial charge in [0.15, 0.2) is 0 Å². The van der Waals surface area contributed by atoms with Crippen LogP contribution in [0, 0.1) is 5.82 Å². The number of rotatable bonds is 2. The molecule has 0 N–H and O–H groups in total. The zero-order valence-electron chi connectivity index (χ0n) is 9.62. The summed E-state index contributed by atoms with van der Waals surface area (Å²) < 4.78 is 19.6. The average molecular weight is 315 g/mol. The van der Waals surface area contributed by atoms with E-state index in [0.717, 1.165) is 0 Å². The number of pyridine rings is 1. The summed E-state index contributed by atoms with van der Waals surface area (Å²) in [6, 6.07) is 9.59. The van der Waals surface area contributed by atoms with Gasteiger partial charge >= 0.3 is 117 Å². The molecule has 0 saturated carbocycles. The van der Waals surface area contributed by atoms with E-state index in [1.54, 1.807) is 30.3 Å². The molecule has 2 aromatic heterocycles. The molecular weight excluding hydrogens is 308 g/mol. The van der Waals surface area contributed by atoms with Crippen LogP contribution in [0.1, 0.15) is 0 Å². The van der Waals surface area contributed by atoms with Crippen LogP contribution in [-0.2, 0) is 0 Å². The van der Waals surface area contributed by atoms with Crippen LogP contribution in [0.25, 0.3) is 11.0 Å². The van der Waals surface area contributed by atoms with Gasteiger partial charge in [0.25, 0.3) is 0 Å². The number of benzene rings is 1. The summed E-state index contributed by atoms with van der Waals surface area (Å²) in [4.78, 5) is 12.4. The number of hydrogen-bond donors (Lipinski definition) is 0. The Morgan fingerprint density at radius 2 is 1.89 bits per heavy atom. The predicted octanol–water partition coefficient (Wildman–Crippen LogP) is 1.75. The summed E-state index contributed by atoms with van der Waals surface area (Å²) in [5.74, 6) is 0.0132. The first kappa shape index (κ1) is 12.1. The number of nitrogens with zero attached hydrogens (tertiary/aromatic N) is 3. The zero-order chi connectivity index (χ0) is 13.2. The molecule has 0 spiro atoms. The van der Waals surface area contributed by atoms with Gasteiger partial charge in [0.2, 0.25) is 0 Å². The fourth-order valence-corrected chi connectivity index (χ4v) is 2.06. The zero-order valence-corrected chi connectivity index (χ0v) is 11.5. The van der Waals surface area contributed by atoms with Gasteiger partial charge in [-0.05, 0) is 0 Å². The SMILES string of the molecule is Fc1ccccc1Oc1ccc2ncnc([As])c2n1. The van der Waals surface area contributed by atoms with Gasteiger partial charge in [-0.1, -0.05) is 0 Å². The summed E-state index contributed by atoms with van der Waals surface area (Å²) in [5.41, 5.74) is 1.34. The van der Waals surface area contributed by atoms with E-state index in [-0.39, 0.29) is 5.75 Å². The Bertz CT molecular complexity index is 751. The van der Waals surface area contributed by atoms with Crippen molar-refractivity contribution in [3.8, 4) is 11.6 Å². The van der Waals surface area contributed by atoms with E-state index in [9.17, 15) is 4.39 Å². The van der Waals surface area contributed by atoms with E-state index >= 15 is 0 Å². The molecule has 0 saturated heterocycles. The first-order chi connectivity index (χ1) is 9.24.